The van der Waals surface area contributed by atoms with Crippen LogP contribution in [-0.4, -0.2) is 22.0 Å². The van der Waals surface area contributed by atoms with E-state index in [4.69, 9.17) is 4.42 Å². The highest BCUT2D eigenvalue weighted by atomic mass is 19.4. The largest absolute Gasteiger partial charge is 0.505 e. The van der Waals surface area contributed by atoms with Gasteiger partial charge in [-0.15, -0.1) is 0 Å². The van der Waals surface area contributed by atoms with Crippen molar-refractivity contribution in [3.05, 3.63) is 70.0 Å². The van der Waals surface area contributed by atoms with Gasteiger partial charge in [-0.25, -0.2) is 9.18 Å². The van der Waals surface area contributed by atoms with Gasteiger partial charge in [0.15, 0.2) is 17.2 Å². The summed E-state index contributed by atoms with van der Waals surface area (Å²) < 4.78 is 60.9. The first-order valence-corrected chi connectivity index (χ1v) is 9.11. The summed E-state index contributed by atoms with van der Waals surface area (Å²) in [5.41, 5.74) is -3.58. The molecule has 0 fully saturated rings. The number of hydrogen-bond donors (Lipinski definition) is 3. The normalized spacial score (nSPS) is 23.9. The molecule has 0 saturated heterocycles. The van der Waals surface area contributed by atoms with Crippen LogP contribution in [0.15, 0.2) is 51.9 Å². The Bertz CT molecular complexity index is 1190. The third-order valence-corrected chi connectivity index (χ3v) is 5.62. The number of phenols is 1. The molecule has 0 radical (unpaired) electrons. The van der Waals surface area contributed by atoms with Gasteiger partial charge >= 0.3 is 11.8 Å². The van der Waals surface area contributed by atoms with Gasteiger partial charge in [0.1, 0.15) is 0 Å². The van der Waals surface area contributed by atoms with E-state index in [1.165, 1.54) is 31.2 Å². The van der Waals surface area contributed by atoms with Crippen molar-refractivity contribution in [3.8, 4) is 5.75 Å². The molecule has 1 aliphatic rings. The molecule has 1 heterocycles. The second-order valence-corrected chi connectivity index (χ2v) is 7.51. The molecule has 3 unspecified atom stereocenters. The van der Waals surface area contributed by atoms with Crippen LogP contribution in [0.4, 0.5) is 23.2 Å². The lowest BCUT2D eigenvalue weighted by Gasteiger charge is -2.45. The van der Waals surface area contributed by atoms with E-state index in [0.29, 0.717) is 5.56 Å². The van der Waals surface area contributed by atoms with Gasteiger partial charge in [-0.1, -0.05) is 13.0 Å². The average Bonchev–Trinajstić information content (AvgIpc) is 2.66. The van der Waals surface area contributed by atoms with Crippen molar-refractivity contribution in [3.63, 3.8) is 0 Å². The lowest BCUT2D eigenvalue weighted by Crippen LogP contribution is -2.55. The summed E-state index contributed by atoms with van der Waals surface area (Å²) in [4.78, 5) is 11.9. The Morgan fingerprint density at radius 3 is 2.60 bits per heavy atom. The van der Waals surface area contributed by atoms with E-state index in [0.717, 1.165) is 18.4 Å². The molecule has 0 spiro atoms. The molecule has 158 valence electrons. The molecular formula is C21H17F4NO4. The number of aromatic hydroxyl groups is 1. The summed E-state index contributed by atoms with van der Waals surface area (Å²) >= 11 is 0. The van der Waals surface area contributed by atoms with E-state index in [1.807, 2.05) is 0 Å². The topological polar surface area (TPSA) is 82.7 Å². The fourth-order valence-electron chi connectivity index (χ4n) is 4.13. The van der Waals surface area contributed by atoms with Crippen molar-refractivity contribution in [2.75, 3.05) is 5.32 Å². The minimum Gasteiger partial charge on any atom is -0.505 e. The molecule has 30 heavy (non-hydrogen) atoms. The first-order valence-electron chi connectivity index (χ1n) is 9.11. The van der Waals surface area contributed by atoms with Gasteiger partial charge in [0.2, 0.25) is 0 Å². The van der Waals surface area contributed by atoms with Gasteiger partial charge in [-0.2, -0.15) is 13.2 Å². The summed E-state index contributed by atoms with van der Waals surface area (Å²) in [6.45, 7) is 1.46. The Labute approximate surface area is 167 Å². The Morgan fingerprint density at radius 1 is 1.17 bits per heavy atom. The number of aliphatic hydroxyl groups is 1. The summed E-state index contributed by atoms with van der Waals surface area (Å²) in [7, 11) is 0. The maximum Gasteiger partial charge on any atom is 0.419 e. The van der Waals surface area contributed by atoms with Crippen LogP contribution in [-0.2, 0) is 0 Å². The number of fused-ring (bicyclic) bond motifs is 2. The highest BCUT2D eigenvalue weighted by molar-refractivity contribution is 5.93. The van der Waals surface area contributed by atoms with E-state index < -0.39 is 47.4 Å². The van der Waals surface area contributed by atoms with Crippen molar-refractivity contribution in [1.29, 1.82) is 0 Å². The smallest absolute Gasteiger partial charge is 0.419 e. The molecule has 4 rings (SSSR count). The van der Waals surface area contributed by atoms with Crippen molar-refractivity contribution >= 4 is 16.5 Å². The lowest BCUT2D eigenvalue weighted by atomic mass is 9.70. The number of phenolic OH excluding ortho intramolecular Hbond substituents is 1. The Kier molecular flexibility index (Phi) is 4.54. The molecule has 3 N–H and O–H groups in total. The number of anilines is 1. The quantitative estimate of drug-likeness (QED) is 0.525. The first kappa shape index (κ1) is 20.2. The van der Waals surface area contributed by atoms with Crippen LogP contribution in [0, 0.1) is 5.82 Å². The molecule has 3 atom stereocenters. The van der Waals surface area contributed by atoms with Gasteiger partial charge in [-0.3, -0.25) is 0 Å². The fourth-order valence-corrected chi connectivity index (χ4v) is 4.13. The van der Waals surface area contributed by atoms with Crippen LogP contribution in [0.25, 0.3) is 10.8 Å². The van der Waals surface area contributed by atoms with Crippen LogP contribution < -0.4 is 10.9 Å². The number of halogens is 4. The van der Waals surface area contributed by atoms with E-state index in [2.05, 4.69) is 5.32 Å². The van der Waals surface area contributed by atoms with E-state index in [9.17, 15) is 32.6 Å². The SMILES string of the molecule is CC1CC(O)(C(F)(F)F)C(Nc2cccc3c(=O)occc23)c2cc(F)c(O)cc21. The van der Waals surface area contributed by atoms with Gasteiger partial charge in [-0.05, 0) is 53.8 Å². The molecular weight excluding hydrogens is 406 g/mol. The molecule has 9 heteroatoms. The molecule has 0 bridgehead atoms. The van der Waals surface area contributed by atoms with Crippen molar-refractivity contribution in [1.82, 2.24) is 0 Å². The van der Waals surface area contributed by atoms with Gasteiger partial charge in [0.05, 0.1) is 17.7 Å². The summed E-state index contributed by atoms with van der Waals surface area (Å²) in [6, 6.07) is 5.88. The second-order valence-electron chi connectivity index (χ2n) is 7.51. The Morgan fingerprint density at radius 2 is 1.90 bits per heavy atom. The molecule has 5 nitrogen and oxygen atoms in total. The second kappa shape index (κ2) is 6.73. The third-order valence-electron chi connectivity index (χ3n) is 5.62. The highest BCUT2D eigenvalue weighted by Gasteiger charge is 2.62. The molecule has 1 aliphatic carbocycles. The molecule has 0 saturated carbocycles. The van der Waals surface area contributed by atoms with E-state index >= 15 is 0 Å². The highest BCUT2D eigenvalue weighted by Crippen LogP contribution is 2.53. The van der Waals surface area contributed by atoms with E-state index in [-0.39, 0.29) is 22.0 Å². The summed E-state index contributed by atoms with van der Waals surface area (Å²) in [5.74, 6) is -2.58. The van der Waals surface area contributed by atoms with Crippen LogP contribution >= 0.6 is 0 Å². The Hall–Kier alpha value is -3.07. The van der Waals surface area contributed by atoms with Crippen molar-refractivity contribution < 1.29 is 32.2 Å². The van der Waals surface area contributed by atoms with Crippen molar-refractivity contribution in [2.45, 2.75) is 37.1 Å². The predicted molar refractivity (Wildman–Crippen MR) is 101 cm³/mol. The van der Waals surface area contributed by atoms with Gasteiger partial charge in [0.25, 0.3) is 0 Å². The van der Waals surface area contributed by atoms with Crippen LogP contribution in [0.5, 0.6) is 5.75 Å². The lowest BCUT2D eigenvalue weighted by molar-refractivity contribution is -0.272. The van der Waals surface area contributed by atoms with Crippen LogP contribution in [0.1, 0.15) is 36.4 Å². The summed E-state index contributed by atoms with van der Waals surface area (Å²) in [5, 5.41) is 23.6. The number of hydrogen-bond acceptors (Lipinski definition) is 5. The molecule has 3 aromatic rings. The number of alkyl halides is 3. The van der Waals surface area contributed by atoms with Crippen molar-refractivity contribution in [2.24, 2.45) is 0 Å². The molecule has 0 amide bonds. The third kappa shape index (κ3) is 3.00. The zero-order valence-electron chi connectivity index (χ0n) is 15.6. The molecule has 1 aromatic heterocycles. The average molecular weight is 423 g/mol. The predicted octanol–water partition coefficient (Wildman–Crippen LogP) is 4.59. The van der Waals surface area contributed by atoms with Crippen LogP contribution in [0.3, 0.4) is 0 Å². The first-order chi connectivity index (χ1) is 14.0. The van der Waals surface area contributed by atoms with Crippen LogP contribution in [0.2, 0.25) is 0 Å². The minimum atomic E-state index is -5.03. The number of benzene rings is 2. The van der Waals surface area contributed by atoms with E-state index in [1.54, 1.807) is 0 Å². The molecule has 0 aliphatic heterocycles. The maximum atomic E-state index is 14.1. The van der Waals surface area contributed by atoms with Gasteiger partial charge in [0, 0.05) is 11.1 Å². The number of nitrogens with one attached hydrogen (secondary N) is 1. The minimum absolute atomic E-state index is 0.121. The fraction of sp³-hybridized carbons (Fsp3) is 0.286. The zero-order valence-corrected chi connectivity index (χ0v) is 15.6. The number of rotatable bonds is 2. The monoisotopic (exact) mass is 423 g/mol. The molecule has 2 aromatic carbocycles. The van der Waals surface area contributed by atoms with Gasteiger partial charge < -0.3 is 19.9 Å². The maximum absolute atomic E-state index is 14.1. The zero-order chi connectivity index (χ0) is 21.8. The standard InChI is InChI=1S/C21H17F4NO4/c1-10-9-20(29,21(23,24)25)18(14-7-15(22)17(27)8-13(10)14)26-16-4-2-3-12-11(16)5-6-30-19(12)28/h2-8,10,18,26-27,29H,9H2,1H3. The Balaban J connectivity index is 1.94. The summed E-state index contributed by atoms with van der Waals surface area (Å²) in [6.07, 6.45) is -4.62.